The lowest BCUT2D eigenvalue weighted by Gasteiger charge is -2.06. The minimum Gasteiger partial charge on any atom is -0.300 e. The van der Waals surface area contributed by atoms with E-state index < -0.39 is 6.10 Å². The molecule has 0 aliphatic carbocycles. The van der Waals surface area contributed by atoms with Gasteiger partial charge in [0.05, 0.1) is 6.10 Å². The second kappa shape index (κ2) is 2.82. The maximum Gasteiger partial charge on any atom is 0.135 e. The molecule has 0 heterocycles. The molecule has 2 unspecified atom stereocenters. The van der Waals surface area contributed by atoms with Gasteiger partial charge in [0.2, 0.25) is 0 Å². The van der Waals surface area contributed by atoms with Crippen LogP contribution in [0.1, 0.15) is 20.8 Å². The van der Waals surface area contributed by atoms with Gasteiger partial charge in [-0.25, -0.2) is 5.11 Å². The van der Waals surface area contributed by atoms with Crippen LogP contribution in [0.25, 0.3) is 0 Å². The Kier molecular flexibility index (Phi) is 2.69. The minimum atomic E-state index is -0.757. The Bertz CT molecular complexity index is 86.5. The first kappa shape index (κ1) is 7.63. The highest BCUT2D eigenvalue weighted by molar-refractivity contribution is 5.78. The van der Waals surface area contributed by atoms with Crippen LogP contribution in [0.15, 0.2) is 0 Å². The van der Waals surface area contributed by atoms with E-state index in [4.69, 9.17) is 0 Å². The molecule has 0 N–H and O–H groups in total. The average Bonchev–Trinajstić information content (AvgIpc) is 1.64. The van der Waals surface area contributed by atoms with E-state index in [9.17, 15) is 9.90 Å². The third-order valence-corrected chi connectivity index (χ3v) is 1.35. The van der Waals surface area contributed by atoms with Gasteiger partial charge in [-0.1, -0.05) is 6.92 Å². The molecule has 0 saturated heterocycles. The summed E-state index contributed by atoms with van der Waals surface area (Å²) >= 11 is 0. The van der Waals surface area contributed by atoms with Gasteiger partial charge in [0.25, 0.3) is 0 Å². The van der Waals surface area contributed by atoms with Crippen molar-refractivity contribution in [3.05, 3.63) is 0 Å². The highest BCUT2D eigenvalue weighted by Crippen LogP contribution is 2.02. The molecule has 8 heavy (non-hydrogen) atoms. The van der Waals surface area contributed by atoms with E-state index in [1.54, 1.807) is 6.92 Å². The normalized spacial score (nSPS) is 17.5. The predicted octanol–water partition coefficient (Wildman–Crippen LogP) is 1.03. The standard InChI is InChI=1S/C6H11O2/c1-4(5(2)7)6(3)8/h4-5H,1-3H3. The Morgan fingerprint density at radius 3 is 1.75 bits per heavy atom. The third-order valence-electron chi connectivity index (χ3n) is 1.35. The molecule has 0 aliphatic rings. The zero-order valence-electron chi connectivity index (χ0n) is 5.47. The fourth-order valence-electron chi connectivity index (χ4n) is 0.331. The van der Waals surface area contributed by atoms with Crippen LogP contribution in [0.2, 0.25) is 0 Å². The lowest BCUT2D eigenvalue weighted by Crippen LogP contribution is -2.18. The number of carbonyl (C=O) groups is 1. The van der Waals surface area contributed by atoms with Crippen molar-refractivity contribution in [1.82, 2.24) is 0 Å². The molecule has 0 spiro atoms. The van der Waals surface area contributed by atoms with Crippen molar-refractivity contribution in [1.29, 1.82) is 0 Å². The lowest BCUT2D eigenvalue weighted by molar-refractivity contribution is -0.124. The highest BCUT2D eigenvalue weighted by atomic mass is 16.3. The number of hydrogen-bond donors (Lipinski definition) is 0. The molecular weight excluding hydrogens is 104 g/mol. The summed E-state index contributed by atoms with van der Waals surface area (Å²) in [6.45, 7) is 4.60. The van der Waals surface area contributed by atoms with Crippen molar-refractivity contribution in [2.24, 2.45) is 5.92 Å². The van der Waals surface area contributed by atoms with Gasteiger partial charge in [0.15, 0.2) is 0 Å². The summed E-state index contributed by atoms with van der Waals surface area (Å²) in [7, 11) is 0. The molecule has 0 saturated carbocycles. The predicted molar refractivity (Wildman–Crippen MR) is 30.0 cm³/mol. The van der Waals surface area contributed by atoms with E-state index in [1.807, 2.05) is 0 Å². The molecule has 0 aromatic rings. The number of ketones is 1. The maximum atomic E-state index is 10.4. The zero-order valence-corrected chi connectivity index (χ0v) is 5.47. The first-order valence-electron chi connectivity index (χ1n) is 2.72. The van der Waals surface area contributed by atoms with Gasteiger partial charge in [0.1, 0.15) is 5.78 Å². The third kappa shape index (κ3) is 2.07. The van der Waals surface area contributed by atoms with E-state index in [2.05, 4.69) is 0 Å². The maximum absolute atomic E-state index is 10.4. The quantitative estimate of drug-likeness (QED) is 0.529. The molecule has 0 rings (SSSR count). The van der Waals surface area contributed by atoms with Crippen LogP contribution in [0.4, 0.5) is 0 Å². The minimum absolute atomic E-state index is 0.0208. The van der Waals surface area contributed by atoms with Gasteiger partial charge >= 0.3 is 0 Å². The molecule has 0 aromatic carbocycles. The smallest absolute Gasteiger partial charge is 0.135 e. The molecule has 0 bridgehead atoms. The van der Waals surface area contributed by atoms with E-state index in [0.717, 1.165) is 0 Å². The van der Waals surface area contributed by atoms with Gasteiger partial charge in [-0.15, -0.1) is 0 Å². The van der Waals surface area contributed by atoms with Gasteiger partial charge in [0, 0.05) is 5.92 Å². The Hall–Kier alpha value is -0.370. The van der Waals surface area contributed by atoms with Crippen molar-refractivity contribution >= 4 is 5.78 Å². The summed E-state index contributed by atoms with van der Waals surface area (Å²) in [5.74, 6) is -0.345. The van der Waals surface area contributed by atoms with E-state index in [0.29, 0.717) is 0 Å². The van der Waals surface area contributed by atoms with Gasteiger partial charge < -0.3 is 0 Å². The number of rotatable bonds is 2. The Morgan fingerprint density at radius 2 is 1.75 bits per heavy atom. The zero-order chi connectivity index (χ0) is 6.73. The molecular formula is C6H11O2. The van der Waals surface area contributed by atoms with E-state index in [1.165, 1.54) is 13.8 Å². The van der Waals surface area contributed by atoms with Crippen molar-refractivity contribution in [2.45, 2.75) is 26.9 Å². The summed E-state index contributed by atoms with van der Waals surface area (Å²) in [5.41, 5.74) is 0. The fraction of sp³-hybridized carbons (Fsp3) is 0.833. The fourth-order valence-corrected chi connectivity index (χ4v) is 0.331. The highest BCUT2D eigenvalue weighted by Gasteiger charge is 2.13. The SMILES string of the molecule is CC(=O)C(C)C(C)[O]. The first-order chi connectivity index (χ1) is 3.55. The van der Waals surface area contributed by atoms with Crippen molar-refractivity contribution in [3.63, 3.8) is 0 Å². The average molecular weight is 115 g/mol. The van der Waals surface area contributed by atoms with Gasteiger partial charge in [-0.3, -0.25) is 4.79 Å². The van der Waals surface area contributed by atoms with Crippen molar-refractivity contribution in [3.8, 4) is 0 Å². The Morgan fingerprint density at radius 1 is 1.38 bits per heavy atom. The summed E-state index contributed by atoms with van der Waals surface area (Å²) in [5, 5.41) is 10.4. The monoisotopic (exact) mass is 115 g/mol. The van der Waals surface area contributed by atoms with Gasteiger partial charge in [-0.05, 0) is 13.8 Å². The van der Waals surface area contributed by atoms with Crippen molar-refractivity contribution < 1.29 is 9.90 Å². The van der Waals surface area contributed by atoms with Crippen molar-refractivity contribution in [2.75, 3.05) is 0 Å². The number of carbonyl (C=O) groups excluding carboxylic acids is 1. The molecule has 0 amide bonds. The molecule has 2 heteroatoms. The Labute approximate surface area is 49.5 Å². The summed E-state index contributed by atoms with van der Waals surface area (Å²) in [6, 6.07) is 0. The van der Waals surface area contributed by atoms with Crippen LogP contribution in [-0.2, 0) is 9.90 Å². The lowest BCUT2D eigenvalue weighted by atomic mass is 10.0. The van der Waals surface area contributed by atoms with Crippen LogP contribution in [0.3, 0.4) is 0 Å². The molecule has 0 fully saturated rings. The van der Waals surface area contributed by atoms with Crippen LogP contribution in [-0.4, -0.2) is 11.9 Å². The largest absolute Gasteiger partial charge is 0.300 e. The van der Waals surface area contributed by atoms with Crippen LogP contribution < -0.4 is 0 Å². The molecule has 1 radical (unpaired) electrons. The second-order valence-electron chi connectivity index (χ2n) is 2.10. The first-order valence-corrected chi connectivity index (χ1v) is 2.72. The van der Waals surface area contributed by atoms with Gasteiger partial charge in [-0.2, -0.15) is 0 Å². The Balaban J connectivity index is 3.64. The number of Topliss-reactive ketones (excluding diaryl/α,β-unsaturated/α-hetero) is 1. The summed E-state index contributed by atoms with van der Waals surface area (Å²) in [6.07, 6.45) is -0.757. The molecule has 0 aliphatic heterocycles. The van der Waals surface area contributed by atoms with E-state index in [-0.39, 0.29) is 11.7 Å². The van der Waals surface area contributed by atoms with Crippen LogP contribution in [0, 0.1) is 5.92 Å². The van der Waals surface area contributed by atoms with E-state index >= 15 is 0 Å². The molecule has 47 valence electrons. The van der Waals surface area contributed by atoms with Crippen LogP contribution in [0.5, 0.6) is 0 Å². The molecule has 2 atom stereocenters. The second-order valence-corrected chi connectivity index (χ2v) is 2.10. The number of hydrogen-bond acceptors (Lipinski definition) is 1. The molecule has 2 nitrogen and oxygen atoms in total. The summed E-state index contributed by atoms with van der Waals surface area (Å²) in [4.78, 5) is 10.4. The topological polar surface area (TPSA) is 37.0 Å². The molecule has 0 aromatic heterocycles. The summed E-state index contributed by atoms with van der Waals surface area (Å²) < 4.78 is 0. The van der Waals surface area contributed by atoms with Crippen LogP contribution >= 0.6 is 0 Å².